The van der Waals surface area contributed by atoms with Crippen molar-refractivity contribution in [1.82, 2.24) is 10.2 Å². The molecule has 2 rings (SSSR count). The largest absolute Gasteiger partial charge is 0.340 e. The number of nitrogens with zero attached hydrogens (tertiary/aromatic N) is 1. The number of carbonyl (C=O) groups excluding carboxylic acids is 1. The zero-order chi connectivity index (χ0) is 13.0. The summed E-state index contributed by atoms with van der Waals surface area (Å²) in [5, 5.41) is 4.07. The van der Waals surface area contributed by atoms with Crippen LogP contribution in [0.2, 0.25) is 5.02 Å². The van der Waals surface area contributed by atoms with Crippen LogP contribution in [-0.4, -0.2) is 36.5 Å². The normalized spacial score (nSPS) is 19.9. The molecule has 0 aliphatic carbocycles. The fourth-order valence-electron chi connectivity index (χ4n) is 2.26. The Hall–Kier alpha value is -1.06. The molecule has 3 nitrogen and oxygen atoms in total. The molecular weight excluding hydrogens is 248 g/mol. The number of hydrogen-bond acceptors (Lipinski definition) is 2. The van der Waals surface area contributed by atoms with Crippen molar-refractivity contribution in [2.24, 2.45) is 0 Å². The molecule has 1 aliphatic rings. The van der Waals surface area contributed by atoms with Gasteiger partial charge >= 0.3 is 0 Å². The summed E-state index contributed by atoms with van der Waals surface area (Å²) < 4.78 is 0. The second-order valence-electron chi connectivity index (χ2n) is 4.82. The van der Waals surface area contributed by atoms with E-state index in [1.165, 1.54) is 0 Å². The van der Waals surface area contributed by atoms with Gasteiger partial charge in [-0.25, -0.2) is 0 Å². The third kappa shape index (κ3) is 3.72. The van der Waals surface area contributed by atoms with Gasteiger partial charge in [-0.15, -0.1) is 0 Å². The van der Waals surface area contributed by atoms with Crippen LogP contribution in [0.25, 0.3) is 0 Å². The van der Waals surface area contributed by atoms with Crippen LogP contribution in [0, 0.1) is 0 Å². The Labute approximate surface area is 113 Å². The zero-order valence-corrected chi connectivity index (χ0v) is 11.4. The molecular formula is C14H19ClN2O. The van der Waals surface area contributed by atoms with Crippen LogP contribution in [0.15, 0.2) is 24.3 Å². The number of aryl methyl sites for hydroxylation is 1. The molecule has 4 heteroatoms. The van der Waals surface area contributed by atoms with E-state index in [4.69, 9.17) is 11.6 Å². The highest BCUT2D eigenvalue weighted by Crippen LogP contribution is 2.13. The van der Waals surface area contributed by atoms with E-state index in [9.17, 15) is 4.79 Å². The summed E-state index contributed by atoms with van der Waals surface area (Å²) in [7, 11) is 0. The summed E-state index contributed by atoms with van der Waals surface area (Å²) >= 11 is 5.92. The Bertz CT molecular complexity index is 422. The van der Waals surface area contributed by atoms with Crippen molar-refractivity contribution in [2.45, 2.75) is 25.8 Å². The SMILES string of the molecule is C[C@H]1CN(C(=O)CCc2cccc(Cl)c2)CCN1. The molecule has 1 N–H and O–H groups in total. The van der Waals surface area contributed by atoms with Gasteiger partial charge in [-0.3, -0.25) is 4.79 Å². The molecule has 1 aromatic rings. The van der Waals surface area contributed by atoms with Crippen molar-refractivity contribution in [1.29, 1.82) is 0 Å². The maximum absolute atomic E-state index is 12.1. The maximum atomic E-state index is 12.1. The smallest absolute Gasteiger partial charge is 0.222 e. The highest BCUT2D eigenvalue weighted by Gasteiger charge is 2.19. The second-order valence-corrected chi connectivity index (χ2v) is 5.26. The number of rotatable bonds is 3. The average Bonchev–Trinajstić information content (AvgIpc) is 2.36. The molecule has 98 valence electrons. The topological polar surface area (TPSA) is 32.3 Å². The predicted octanol–water partition coefficient (Wildman–Crippen LogP) is 2.09. The Morgan fingerprint density at radius 3 is 3.11 bits per heavy atom. The summed E-state index contributed by atoms with van der Waals surface area (Å²) in [5.74, 6) is 0.239. The minimum atomic E-state index is 0.239. The van der Waals surface area contributed by atoms with Crippen molar-refractivity contribution in [2.75, 3.05) is 19.6 Å². The third-order valence-corrected chi connectivity index (χ3v) is 3.47. The summed E-state index contributed by atoms with van der Waals surface area (Å²) in [6.45, 7) is 4.63. The molecule has 0 radical (unpaired) electrons. The number of hydrogen-bond donors (Lipinski definition) is 1. The molecule has 18 heavy (non-hydrogen) atoms. The van der Waals surface area contributed by atoms with Crippen molar-refractivity contribution in [3.05, 3.63) is 34.9 Å². The summed E-state index contributed by atoms with van der Waals surface area (Å²) in [5.41, 5.74) is 1.12. The predicted molar refractivity (Wildman–Crippen MR) is 73.8 cm³/mol. The Morgan fingerprint density at radius 1 is 1.56 bits per heavy atom. The zero-order valence-electron chi connectivity index (χ0n) is 10.7. The lowest BCUT2D eigenvalue weighted by molar-refractivity contribution is -0.132. The standard InChI is InChI=1S/C14H19ClN2O/c1-11-10-17(8-7-16-11)14(18)6-5-12-3-2-4-13(15)9-12/h2-4,9,11,16H,5-8,10H2,1H3/t11-/m0/s1. The molecule has 1 aromatic carbocycles. The van der Waals surface area contributed by atoms with Crippen molar-refractivity contribution >= 4 is 17.5 Å². The number of amides is 1. The molecule has 0 bridgehead atoms. The first kappa shape index (κ1) is 13.4. The van der Waals surface area contributed by atoms with Gasteiger partial charge < -0.3 is 10.2 Å². The van der Waals surface area contributed by atoms with Gasteiger partial charge in [0.05, 0.1) is 0 Å². The number of halogens is 1. The molecule has 1 aliphatic heterocycles. The molecule has 1 heterocycles. The van der Waals surface area contributed by atoms with Gasteiger partial charge in [0, 0.05) is 37.1 Å². The lowest BCUT2D eigenvalue weighted by Gasteiger charge is -2.32. The van der Waals surface area contributed by atoms with Crippen molar-refractivity contribution in [3.63, 3.8) is 0 Å². The van der Waals surface area contributed by atoms with Crippen LogP contribution in [0.4, 0.5) is 0 Å². The minimum absolute atomic E-state index is 0.239. The van der Waals surface area contributed by atoms with E-state index in [0.29, 0.717) is 12.5 Å². The first-order valence-corrected chi connectivity index (χ1v) is 6.78. The van der Waals surface area contributed by atoms with E-state index in [-0.39, 0.29) is 5.91 Å². The summed E-state index contributed by atoms with van der Waals surface area (Å²) in [4.78, 5) is 14.0. The van der Waals surface area contributed by atoms with E-state index in [2.05, 4.69) is 12.2 Å². The lowest BCUT2D eigenvalue weighted by atomic mass is 10.1. The highest BCUT2D eigenvalue weighted by molar-refractivity contribution is 6.30. The minimum Gasteiger partial charge on any atom is -0.340 e. The molecule has 1 fully saturated rings. The Balaban J connectivity index is 1.84. The quantitative estimate of drug-likeness (QED) is 0.909. The first-order chi connectivity index (χ1) is 8.65. The number of benzene rings is 1. The molecule has 0 saturated carbocycles. The fraction of sp³-hybridized carbons (Fsp3) is 0.500. The van der Waals surface area contributed by atoms with E-state index < -0.39 is 0 Å². The van der Waals surface area contributed by atoms with Gasteiger partial charge in [-0.2, -0.15) is 0 Å². The maximum Gasteiger partial charge on any atom is 0.222 e. The molecule has 1 saturated heterocycles. The van der Waals surface area contributed by atoms with Gasteiger partial charge in [0.1, 0.15) is 0 Å². The number of carbonyl (C=O) groups is 1. The van der Waals surface area contributed by atoms with Crippen LogP contribution >= 0.6 is 11.6 Å². The van der Waals surface area contributed by atoms with E-state index in [0.717, 1.165) is 36.6 Å². The molecule has 0 unspecified atom stereocenters. The molecule has 0 spiro atoms. The third-order valence-electron chi connectivity index (χ3n) is 3.24. The van der Waals surface area contributed by atoms with Gasteiger partial charge in [0.15, 0.2) is 0 Å². The first-order valence-electron chi connectivity index (χ1n) is 6.41. The van der Waals surface area contributed by atoms with Crippen LogP contribution in [-0.2, 0) is 11.2 Å². The van der Waals surface area contributed by atoms with Crippen molar-refractivity contribution in [3.8, 4) is 0 Å². The Kier molecular flexibility index (Phi) is 4.61. The summed E-state index contributed by atoms with van der Waals surface area (Å²) in [6, 6.07) is 8.11. The van der Waals surface area contributed by atoms with Gasteiger partial charge in [-0.1, -0.05) is 23.7 Å². The van der Waals surface area contributed by atoms with Gasteiger partial charge in [-0.05, 0) is 31.0 Å². The number of piperazine rings is 1. The van der Waals surface area contributed by atoms with Crippen LogP contribution < -0.4 is 5.32 Å². The van der Waals surface area contributed by atoms with Gasteiger partial charge in [0.2, 0.25) is 5.91 Å². The molecule has 0 aromatic heterocycles. The van der Waals surface area contributed by atoms with E-state index in [1.807, 2.05) is 29.2 Å². The monoisotopic (exact) mass is 266 g/mol. The molecule has 1 atom stereocenters. The van der Waals surface area contributed by atoms with Crippen LogP contribution in [0.1, 0.15) is 18.9 Å². The highest BCUT2D eigenvalue weighted by atomic mass is 35.5. The average molecular weight is 267 g/mol. The fourth-order valence-corrected chi connectivity index (χ4v) is 2.47. The van der Waals surface area contributed by atoms with E-state index in [1.54, 1.807) is 0 Å². The van der Waals surface area contributed by atoms with Crippen molar-refractivity contribution < 1.29 is 4.79 Å². The molecule has 1 amide bonds. The van der Waals surface area contributed by atoms with Gasteiger partial charge in [0.25, 0.3) is 0 Å². The lowest BCUT2D eigenvalue weighted by Crippen LogP contribution is -2.51. The van der Waals surface area contributed by atoms with E-state index >= 15 is 0 Å². The second kappa shape index (κ2) is 6.21. The summed E-state index contributed by atoms with van der Waals surface area (Å²) in [6.07, 6.45) is 1.32. The van der Waals surface area contributed by atoms with Crippen LogP contribution in [0.3, 0.4) is 0 Å². The Morgan fingerprint density at radius 2 is 2.39 bits per heavy atom. The van der Waals surface area contributed by atoms with Crippen LogP contribution in [0.5, 0.6) is 0 Å². The number of nitrogens with one attached hydrogen (secondary N) is 1.